The Kier molecular flexibility index (Phi) is 6.97. The van der Waals surface area contributed by atoms with Crippen molar-refractivity contribution < 1.29 is 22.7 Å². The molecule has 0 aliphatic carbocycles. The normalized spacial score (nSPS) is 11.3. The molecule has 0 aliphatic rings. The summed E-state index contributed by atoms with van der Waals surface area (Å²) >= 11 is 12.0. The van der Waals surface area contributed by atoms with Gasteiger partial charge in [0.25, 0.3) is 0 Å². The average molecular weight is 471 g/mol. The highest BCUT2D eigenvalue weighted by Gasteiger charge is 2.31. The Morgan fingerprint density at radius 3 is 2.45 bits per heavy atom. The fourth-order valence-corrected chi connectivity index (χ4v) is 3.03. The van der Waals surface area contributed by atoms with Gasteiger partial charge in [-0.3, -0.25) is 4.79 Å². The molecule has 11 heteroatoms. The smallest absolute Gasteiger partial charge is 0.417 e. The fraction of sp³-hybridized carbons (Fsp3) is 0.200. The highest BCUT2D eigenvalue weighted by atomic mass is 35.5. The number of halogens is 5. The first-order valence-corrected chi connectivity index (χ1v) is 9.71. The number of benzene rings is 1. The minimum Gasteiger partial charge on any atom is -0.438 e. The highest BCUT2D eigenvalue weighted by molar-refractivity contribution is 6.34. The molecule has 6 nitrogen and oxygen atoms in total. The number of anilines is 1. The minimum absolute atomic E-state index is 0.0430. The van der Waals surface area contributed by atoms with Gasteiger partial charge in [0.05, 0.1) is 17.7 Å². The first kappa shape index (κ1) is 22.8. The second-order valence-corrected chi connectivity index (χ2v) is 7.10. The Bertz CT molecular complexity index is 1090. The second-order valence-electron chi connectivity index (χ2n) is 6.32. The molecule has 31 heavy (non-hydrogen) atoms. The molecule has 0 radical (unpaired) electrons. The SMILES string of the molecule is CCc1ncnc(NC(=O)Cc2ccc(Oc3ncc(C(F)(F)F)cc3Cl)cc2)c1Cl. The van der Waals surface area contributed by atoms with Crippen molar-refractivity contribution in [3.8, 4) is 11.6 Å². The number of amides is 1. The number of pyridine rings is 1. The molecule has 1 amide bonds. The van der Waals surface area contributed by atoms with Crippen molar-refractivity contribution in [1.82, 2.24) is 15.0 Å². The quantitative estimate of drug-likeness (QED) is 0.497. The maximum atomic E-state index is 12.7. The van der Waals surface area contributed by atoms with E-state index in [0.717, 1.165) is 6.07 Å². The molecule has 0 spiro atoms. The molecule has 1 aromatic carbocycles. The van der Waals surface area contributed by atoms with Crippen LogP contribution in [0.4, 0.5) is 19.0 Å². The molecule has 0 bridgehead atoms. The molecule has 0 fully saturated rings. The Balaban J connectivity index is 1.64. The number of aromatic nitrogens is 3. The Hall–Kier alpha value is -2.91. The second kappa shape index (κ2) is 9.49. The number of carbonyl (C=O) groups is 1. The zero-order valence-corrected chi connectivity index (χ0v) is 17.5. The summed E-state index contributed by atoms with van der Waals surface area (Å²) in [7, 11) is 0. The van der Waals surface area contributed by atoms with E-state index in [-0.39, 0.29) is 29.0 Å². The van der Waals surface area contributed by atoms with E-state index in [2.05, 4.69) is 20.3 Å². The van der Waals surface area contributed by atoms with Crippen LogP contribution in [0.3, 0.4) is 0 Å². The summed E-state index contributed by atoms with van der Waals surface area (Å²) < 4.78 is 43.5. The summed E-state index contributed by atoms with van der Waals surface area (Å²) in [6, 6.07) is 7.10. The van der Waals surface area contributed by atoms with Crippen LogP contribution < -0.4 is 10.1 Å². The lowest BCUT2D eigenvalue weighted by Gasteiger charge is -2.11. The van der Waals surface area contributed by atoms with Crippen LogP contribution in [0.2, 0.25) is 10.0 Å². The summed E-state index contributed by atoms with van der Waals surface area (Å²) in [5, 5.41) is 2.66. The lowest BCUT2D eigenvalue weighted by Crippen LogP contribution is -2.16. The maximum absolute atomic E-state index is 12.7. The van der Waals surface area contributed by atoms with Crippen LogP contribution in [0.5, 0.6) is 11.6 Å². The molecule has 162 valence electrons. The number of alkyl halides is 3. The first-order chi connectivity index (χ1) is 14.7. The number of carbonyl (C=O) groups excluding carboxylic acids is 1. The standard InChI is InChI=1S/C20H15Cl2F3N4O2/c1-2-15-17(22)18(28-10-27-15)29-16(30)7-11-3-5-13(6-4-11)31-19-14(21)8-12(9-26-19)20(23,24)25/h3-6,8-10H,2,7H2,1H3,(H,27,28,29,30). The van der Waals surface area contributed by atoms with Gasteiger partial charge in [-0.15, -0.1) is 0 Å². The molecular formula is C20H15Cl2F3N4O2. The maximum Gasteiger partial charge on any atom is 0.417 e. The molecule has 0 atom stereocenters. The van der Waals surface area contributed by atoms with Crippen molar-refractivity contribution in [3.05, 3.63) is 69.7 Å². The van der Waals surface area contributed by atoms with Crippen LogP contribution >= 0.6 is 23.2 Å². The van der Waals surface area contributed by atoms with Crippen LogP contribution in [0.1, 0.15) is 23.7 Å². The third-order valence-corrected chi connectivity index (χ3v) is 4.76. The molecular weight excluding hydrogens is 456 g/mol. The van der Waals surface area contributed by atoms with Gasteiger partial charge in [-0.05, 0) is 30.2 Å². The molecule has 2 heterocycles. The topological polar surface area (TPSA) is 77.0 Å². The van der Waals surface area contributed by atoms with Crippen molar-refractivity contribution in [2.24, 2.45) is 0 Å². The largest absolute Gasteiger partial charge is 0.438 e. The number of aryl methyl sites for hydroxylation is 1. The van der Waals surface area contributed by atoms with E-state index in [1.165, 1.54) is 6.33 Å². The third kappa shape index (κ3) is 5.83. The molecule has 0 saturated carbocycles. The zero-order valence-electron chi connectivity index (χ0n) is 16.0. The molecule has 0 saturated heterocycles. The van der Waals surface area contributed by atoms with Crippen LogP contribution in [0.25, 0.3) is 0 Å². The lowest BCUT2D eigenvalue weighted by molar-refractivity contribution is -0.137. The summed E-state index contributed by atoms with van der Waals surface area (Å²) in [5.74, 6) is 0.0419. The van der Waals surface area contributed by atoms with Gasteiger partial charge < -0.3 is 10.1 Å². The molecule has 0 unspecified atom stereocenters. The Morgan fingerprint density at radius 1 is 1.13 bits per heavy atom. The van der Waals surface area contributed by atoms with E-state index in [4.69, 9.17) is 27.9 Å². The van der Waals surface area contributed by atoms with Gasteiger partial charge in [-0.2, -0.15) is 13.2 Å². The van der Waals surface area contributed by atoms with Crippen molar-refractivity contribution >= 4 is 34.9 Å². The molecule has 2 aromatic heterocycles. The minimum atomic E-state index is -4.55. The molecule has 3 rings (SSSR count). The lowest BCUT2D eigenvalue weighted by atomic mass is 10.1. The predicted molar refractivity (Wildman–Crippen MR) is 110 cm³/mol. The van der Waals surface area contributed by atoms with Gasteiger partial charge >= 0.3 is 6.18 Å². The van der Waals surface area contributed by atoms with Crippen LogP contribution in [-0.2, 0) is 23.8 Å². The van der Waals surface area contributed by atoms with Crippen molar-refractivity contribution in [2.45, 2.75) is 25.9 Å². The zero-order chi connectivity index (χ0) is 22.6. The molecule has 1 N–H and O–H groups in total. The Morgan fingerprint density at radius 2 is 1.84 bits per heavy atom. The van der Waals surface area contributed by atoms with Crippen LogP contribution in [0, 0.1) is 0 Å². The fourth-order valence-electron chi connectivity index (χ4n) is 2.54. The summed E-state index contributed by atoms with van der Waals surface area (Å²) in [5.41, 5.74) is 0.322. The van der Waals surface area contributed by atoms with E-state index in [0.29, 0.717) is 34.6 Å². The van der Waals surface area contributed by atoms with E-state index in [1.807, 2.05) is 6.92 Å². The number of hydrogen-bond acceptors (Lipinski definition) is 5. The average Bonchev–Trinajstić information content (AvgIpc) is 2.71. The number of nitrogens with zero attached hydrogens (tertiary/aromatic N) is 3. The van der Waals surface area contributed by atoms with Gasteiger partial charge in [0.15, 0.2) is 5.82 Å². The highest BCUT2D eigenvalue weighted by Crippen LogP contribution is 2.34. The van der Waals surface area contributed by atoms with Crippen LogP contribution in [-0.4, -0.2) is 20.9 Å². The van der Waals surface area contributed by atoms with Gasteiger partial charge in [-0.1, -0.05) is 42.3 Å². The van der Waals surface area contributed by atoms with Gasteiger partial charge in [0, 0.05) is 6.20 Å². The van der Waals surface area contributed by atoms with Crippen molar-refractivity contribution in [3.63, 3.8) is 0 Å². The van der Waals surface area contributed by atoms with Crippen molar-refractivity contribution in [1.29, 1.82) is 0 Å². The summed E-state index contributed by atoms with van der Waals surface area (Å²) in [4.78, 5) is 23.9. The van der Waals surface area contributed by atoms with Crippen molar-refractivity contribution in [2.75, 3.05) is 5.32 Å². The number of rotatable bonds is 6. The van der Waals surface area contributed by atoms with E-state index in [9.17, 15) is 18.0 Å². The number of hydrogen-bond donors (Lipinski definition) is 1. The van der Waals surface area contributed by atoms with E-state index >= 15 is 0 Å². The predicted octanol–water partition coefficient (Wildman–Crippen LogP) is 5.73. The molecule has 0 aliphatic heterocycles. The number of nitrogens with one attached hydrogen (secondary N) is 1. The third-order valence-electron chi connectivity index (χ3n) is 4.09. The van der Waals surface area contributed by atoms with E-state index in [1.54, 1.807) is 24.3 Å². The molecule has 3 aromatic rings. The summed E-state index contributed by atoms with van der Waals surface area (Å²) in [6.45, 7) is 1.89. The van der Waals surface area contributed by atoms with Crippen LogP contribution in [0.15, 0.2) is 42.9 Å². The van der Waals surface area contributed by atoms with E-state index < -0.39 is 11.7 Å². The number of ether oxygens (including phenoxy) is 1. The monoisotopic (exact) mass is 470 g/mol. The Labute approximate surface area is 185 Å². The van der Waals surface area contributed by atoms with Gasteiger partial charge in [0.2, 0.25) is 11.8 Å². The first-order valence-electron chi connectivity index (χ1n) is 8.96. The summed E-state index contributed by atoms with van der Waals surface area (Å²) in [6.07, 6.45) is -1.94. The van der Waals surface area contributed by atoms with Gasteiger partial charge in [-0.25, -0.2) is 15.0 Å². The van der Waals surface area contributed by atoms with Gasteiger partial charge in [0.1, 0.15) is 22.1 Å².